The Morgan fingerprint density at radius 2 is 2.00 bits per heavy atom. The third-order valence-corrected chi connectivity index (χ3v) is 3.62. The fourth-order valence-electron chi connectivity index (χ4n) is 2.14. The van der Waals surface area contributed by atoms with Crippen LogP contribution in [0.15, 0.2) is 60.3 Å². The fraction of sp³-hybridized carbons (Fsp3) is 0.105. The number of methoxy groups -OCH3 is 1. The molecule has 2 aromatic carbocycles. The molecular weight excluding hydrogens is 354 g/mol. The summed E-state index contributed by atoms with van der Waals surface area (Å²) in [6.45, 7) is 0.401. The molecule has 2 aromatic rings. The number of nitrogens with one attached hydrogen (secondary N) is 2. The van der Waals surface area contributed by atoms with Gasteiger partial charge in [0.1, 0.15) is 11.6 Å². The van der Waals surface area contributed by atoms with Crippen molar-refractivity contribution in [3.05, 3.63) is 76.5 Å². The Labute approximate surface area is 156 Å². The van der Waals surface area contributed by atoms with Gasteiger partial charge in [-0.2, -0.15) is 5.26 Å². The number of amides is 1. The van der Waals surface area contributed by atoms with Gasteiger partial charge in [0.15, 0.2) is 0 Å². The summed E-state index contributed by atoms with van der Waals surface area (Å²) in [5.74, 6) is -1.22. The summed E-state index contributed by atoms with van der Waals surface area (Å²) in [5, 5.41) is 15.3. The summed E-state index contributed by atoms with van der Waals surface area (Å²) in [7, 11) is 1.25. The minimum atomic E-state index is -0.637. The number of anilines is 1. The zero-order chi connectivity index (χ0) is 18.9. The summed E-state index contributed by atoms with van der Waals surface area (Å²) in [6, 6.07) is 15.4. The molecule has 0 unspecified atom stereocenters. The molecule has 0 aromatic heterocycles. The number of hydrogen-bond acceptors (Lipinski definition) is 5. The van der Waals surface area contributed by atoms with Crippen LogP contribution in [0.5, 0.6) is 0 Å². The van der Waals surface area contributed by atoms with Crippen LogP contribution in [0.1, 0.15) is 15.9 Å². The zero-order valence-electron chi connectivity index (χ0n) is 14.0. The van der Waals surface area contributed by atoms with Gasteiger partial charge < -0.3 is 15.4 Å². The van der Waals surface area contributed by atoms with E-state index in [1.807, 2.05) is 18.2 Å². The molecule has 7 heteroatoms. The number of rotatable bonds is 6. The van der Waals surface area contributed by atoms with Crippen LogP contribution in [0.3, 0.4) is 0 Å². The van der Waals surface area contributed by atoms with Gasteiger partial charge in [0, 0.05) is 17.8 Å². The number of carbonyl (C=O) groups excluding carboxylic acids is 2. The maximum Gasteiger partial charge on any atom is 0.339 e. The van der Waals surface area contributed by atoms with Gasteiger partial charge in [-0.3, -0.25) is 4.79 Å². The van der Waals surface area contributed by atoms with Crippen LogP contribution < -0.4 is 10.6 Å². The summed E-state index contributed by atoms with van der Waals surface area (Å²) in [6.07, 6.45) is 1.32. The molecule has 1 amide bonds. The van der Waals surface area contributed by atoms with Crippen molar-refractivity contribution in [2.45, 2.75) is 6.54 Å². The first kappa shape index (κ1) is 19.0. The second kappa shape index (κ2) is 9.25. The number of hydrogen-bond donors (Lipinski definition) is 2. The van der Waals surface area contributed by atoms with Gasteiger partial charge in [0.25, 0.3) is 5.91 Å². The highest BCUT2D eigenvalue weighted by molar-refractivity contribution is 6.30. The maximum atomic E-state index is 12.3. The van der Waals surface area contributed by atoms with E-state index in [0.717, 1.165) is 5.56 Å². The molecule has 0 aliphatic heterocycles. The average Bonchev–Trinajstić information content (AvgIpc) is 2.65. The largest absolute Gasteiger partial charge is 0.465 e. The van der Waals surface area contributed by atoms with Crippen LogP contribution in [0.2, 0.25) is 5.02 Å². The second-order valence-corrected chi connectivity index (χ2v) is 5.61. The van der Waals surface area contributed by atoms with Crippen molar-refractivity contribution in [2.75, 3.05) is 12.4 Å². The van der Waals surface area contributed by atoms with Gasteiger partial charge in [-0.25, -0.2) is 4.79 Å². The Bertz CT molecular complexity index is 888. The lowest BCUT2D eigenvalue weighted by Crippen LogP contribution is -2.18. The lowest BCUT2D eigenvalue weighted by molar-refractivity contribution is -0.112. The highest BCUT2D eigenvalue weighted by Crippen LogP contribution is 2.17. The highest BCUT2D eigenvalue weighted by atomic mass is 35.5. The van der Waals surface area contributed by atoms with E-state index in [1.165, 1.54) is 19.4 Å². The number of halogens is 1. The number of carbonyl (C=O) groups is 2. The van der Waals surface area contributed by atoms with Crippen LogP contribution in [0.25, 0.3) is 0 Å². The van der Waals surface area contributed by atoms with Crippen LogP contribution in [0.4, 0.5) is 5.69 Å². The minimum absolute atomic E-state index is 0.133. The zero-order valence-corrected chi connectivity index (χ0v) is 14.7. The topological polar surface area (TPSA) is 91.2 Å². The van der Waals surface area contributed by atoms with Crippen molar-refractivity contribution in [1.29, 1.82) is 5.26 Å². The number of benzene rings is 2. The van der Waals surface area contributed by atoms with Crippen molar-refractivity contribution in [1.82, 2.24) is 5.32 Å². The lowest BCUT2D eigenvalue weighted by Gasteiger charge is -2.09. The summed E-state index contributed by atoms with van der Waals surface area (Å²) in [5.41, 5.74) is 1.24. The number of para-hydroxylation sites is 1. The van der Waals surface area contributed by atoms with Gasteiger partial charge in [0.05, 0.1) is 18.4 Å². The molecular formula is C19H16ClN3O3. The second-order valence-electron chi connectivity index (χ2n) is 5.17. The molecule has 132 valence electrons. The van der Waals surface area contributed by atoms with Crippen molar-refractivity contribution in [3.63, 3.8) is 0 Å². The Morgan fingerprint density at radius 1 is 1.23 bits per heavy atom. The smallest absolute Gasteiger partial charge is 0.339 e. The molecule has 2 N–H and O–H groups in total. The van der Waals surface area contributed by atoms with Gasteiger partial charge in [-0.1, -0.05) is 35.9 Å². The molecule has 0 radical (unpaired) electrons. The van der Waals surface area contributed by atoms with E-state index in [4.69, 9.17) is 11.6 Å². The normalized spacial score (nSPS) is 10.6. The van der Waals surface area contributed by atoms with Crippen molar-refractivity contribution >= 4 is 29.2 Å². The molecule has 0 heterocycles. The molecule has 0 atom stereocenters. The number of nitriles is 1. The summed E-state index contributed by atoms with van der Waals surface area (Å²) in [4.78, 5) is 24.0. The Morgan fingerprint density at radius 3 is 2.69 bits per heavy atom. The number of nitrogens with zero attached hydrogens (tertiary/aromatic N) is 1. The monoisotopic (exact) mass is 369 g/mol. The Balaban J connectivity index is 2.07. The molecule has 0 spiro atoms. The predicted octanol–water partition coefficient (Wildman–Crippen LogP) is 3.26. The SMILES string of the molecule is COC(=O)c1ccccc1NC(=O)/C(C#N)=C\NCc1cccc(Cl)c1. The first-order valence-corrected chi connectivity index (χ1v) is 7.99. The highest BCUT2D eigenvalue weighted by Gasteiger charge is 2.15. The van der Waals surface area contributed by atoms with Crippen LogP contribution in [0, 0.1) is 11.3 Å². The third-order valence-electron chi connectivity index (χ3n) is 3.39. The summed E-state index contributed by atoms with van der Waals surface area (Å²) >= 11 is 5.91. The minimum Gasteiger partial charge on any atom is -0.465 e. The van der Waals surface area contributed by atoms with Gasteiger partial charge in [0.2, 0.25) is 0 Å². The summed E-state index contributed by atoms with van der Waals surface area (Å²) < 4.78 is 4.68. The Hall–Kier alpha value is -3.30. The van der Waals surface area contributed by atoms with Gasteiger partial charge in [-0.05, 0) is 29.8 Å². The molecule has 0 saturated heterocycles. The molecule has 6 nitrogen and oxygen atoms in total. The molecule has 0 saturated carbocycles. The lowest BCUT2D eigenvalue weighted by atomic mass is 10.1. The first-order valence-electron chi connectivity index (χ1n) is 7.62. The standard InChI is InChI=1S/C19H16ClN3O3/c1-26-19(25)16-7-2-3-8-17(16)23-18(24)14(10-21)12-22-11-13-5-4-6-15(20)9-13/h2-9,12,22H,11H2,1H3,(H,23,24)/b14-12-. The van der Waals surface area contributed by atoms with E-state index in [-0.39, 0.29) is 16.8 Å². The molecule has 2 rings (SSSR count). The van der Waals surface area contributed by atoms with Crippen molar-refractivity contribution in [2.24, 2.45) is 0 Å². The maximum absolute atomic E-state index is 12.3. The van der Waals surface area contributed by atoms with E-state index in [0.29, 0.717) is 11.6 Å². The molecule has 0 fully saturated rings. The molecule has 0 aliphatic rings. The van der Waals surface area contributed by atoms with Crippen molar-refractivity contribution < 1.29 is 14.3 Å². The van der Waals surface area contributed by atoms with Crippen LogP contribution >= 0.6 is 11.6 Å². The number of esters is 1. The Kier molecular flexibility index (Phi) is 6.77. The average molecular weight is 370 g/mol. The van der Waals surface area contributed by atoms with Gasteiger partial charge >= 0.3 is 5.97 Å². The van der Waals surface area contributed by atoms with E-state index < -0.39 is 11.9 Å². The predicted molar refractivity (Wildman–Crippen MR) is 98.4 cm³/mol. The van der Waals surface area contributed by atoms with Crippen molar-refractivity contribution in [3.8, 4) is 6.07 Å². The third kappa shape index (κ3) is 5.10. The quantitative estimate of drug-likeness (QED) is 0.463. The molecule has 0 aliphatic carbocycles. The molecule has 0 bridgehead atoms. The van der Waals surface area contributed by atoms with Gasteiger partial charge in [-0.15, -0.1) is 0 Å². The first-order chi connectivity index (χ1) is 12.5. The van der Waals surface area contributed by atoms with Crippen LogP contribution in [-0.2, 0) is 16.1 Å². The van der Waals surface area contributed by atoms with Crippen LogP contribution in [-0.4, -0.2) is 19.0 Å². The number of ether oxygens (including phenoxy) is 1. The molecule has 26 heavy (non-hydrogen) atoms. The van der Waals surface area contributed by atoms with E-state index >= 15 is 0 Å². The van der Waals surface area contributed by atoms with E-state index in [1.54, 1.807) is 30.3 Å². The van der Waals surface area contributed by atoms with E-state index in [2.05, 4.69) is 15.4 Å². The van der Waals surface area contributed by atoms with E-state index in [9.17, 15) is 14.9 Å². The fourth-order valence-corrected chi connectivity index (χ4v) is 2.35.